The highest BCUT2D eigenvalue weighted by atomic mass is 79.9. The van der Waals surface area contributed by atoms with Gasteiger partial charge in [0.15, 0.2) is 10.8 Å². The summed E-state index contributed by atoms with van der Waals surface area (Å²) in [6.45, 7) is 1.77. The van der Waals surface area contributed by atoms with Crippen molar-refractivity contribution in [2.24, 2.45) is 0 Å². The molecule has 0 bridgehead atoms. The van der Waals surface area contributed by atoms with Crippen molar-refractivity contribution in [3.63, 3.8) is 0 Å². The summed E-state index contributed by atoms with van der Waals surface area (Å²) >= 11 is 6.88. The van der Waals surface area contributed by atoms with Gasteiger partial charge in [-0.05, 0) is 41.2 Å². The zero-order chi connectivity index (χ0) is 13.9. The largest absolute Gasteiger partial charge is 0.462 e. The van der Waals surface area contributed by atoms with E-state index in [1.165, 1.54) is 4.88 Å². The van der Waals surface area contributed by atoms with Crippen LogP contribution in [0.2, 0.25) is 0 Å². The lowest BCUT2D eigenvalue weighted by Crippen LogP contribution is -2.16. The van der Waals surface area contributed by atoms with Crippen molar-refractivity contribution in [1.29, 1.82) is 0 Å². The van der Waals surface area contributed by atoms with E-state index >= 15 is 0 Å². The predicted octanol–water partition coefficient (Wildman–Crippen LogP) is 4.86. The Morgan fingerprint density at radius 3 is 2.90 bits per heavy atom. The van der Waals surface area contributed by atoms with Crippen LogP contribution >= 0.6 is 38.6 Å². The van der Waals surface area contributed by atoms with Gasteiger partial charge in [-0.2, -0.15) is 0 Å². The molecule has 3 aromatic rings. The Balaban J connectivity index is 1.63. The van der Waals surface area contributed by atoms with Gasteiger partial charge in [0.1, 0.15) is 0 Å². The molecule has 3 heterocycles. The van der Waals surface area contributed by atoms with Crippen LogP contribution in [0.5, 0.6) is 0 Å². The van der Waals surface area contributed by atoms with Crippen LogP contribution in [0.1, 0.15) is 10.6 Å². The van der Waals surface area contributed by atoms with E-state index in [0.29, 0.717) is 0 Å². The average Bonchev–Trinajstić information content (AvgIpc) is 3.10. The second-order valence-electron chi connectivity index (χ2n) is 4.52. The molecule has 0 aromatic carbocycles. The van der Waals surface area contributed by atoms with E-state index in [9.17, 15) is 0 Å². The van der Waals surface area contributed by atoms with Crippen molar-refractivity contribution >= 4 is 38.6 Å². The molecule has 0 aliphatic carbocycles. The van der Waals surface area contributed by atoms with Crippen LogP contribution in [-0.2, 0) is 13.1 Å². The zero-order valence-corrected chi connectivity index (χ0v) is 14.1. The van der Waals surface area contributed by atoms with Crippen LogP contribution in [0.25, 0.3) is 10.8 Å². The molecule has 3 nitrogen and oxygen atoms in total. The first kappa shape index (κ1) is 14.0. The highest BCUT2D eigenvalue weighted by Gasteiger charge is 2.09. The summed E-state index contributed by atoms with van der Waals surface area (Å²) in [6.07, 6.45) is 1.68. The summed E-state index contributed by atoms with van der Waals surface area (Å²) in [5.41, 5.74) is 1.08. The van der Waals surface area contributed by atoms with E-state index in [-0.39, 0.29) is 0 Å². The van der Waals surface area contributed by atoms with Gasteiger partial charge in [-0.3, -0.25) is 4.90 Å². The molecule has 0 unspecified atom stereocenters. The molecule has 0 saturated heterocycles. The van der Waals surface area contributed by atoms with E-state index in [1.54, 1.807) is 28.9 Å². The Bertz CT molecular complexity index is 675. The second-order valence-corrected chi connectivity index (χ2v) is 7.29. The summed E-state index contributed by atoms with van der Waals surface area (Å²) in [7, 11) is 2.11. The van der Waals surface area contributed by atoms with E-state index in [1.807, 2.05) is 12.1 Å². The minimum absolute atomic E-state index is 0.839. The van der Waals surface area contributed by atoms with Crippen molar-refractivity contribution < 1.29 is 4.42 Å². The fourth-order valence-corrected chi connectivity index (χ4v) is 4.24. The zero-order valence-electron chi connectivity index (χ0n) is 10.9. The van der Waals surface area contributed by atoms with Crippen molar-refractivity contribution in [3.05, 3.63) is 50.3 Å². The van der Waals surface area contributed by atoms with E-state index < -0.39 is 0 Å². The molecule has 0 atom stereocenters. The van der Waals surface area contributed by atoms with Gasteiger partial charge in [0.2, 0.25) is 0 Å². The molecule has 0 fully saturated rings. The van der Waals surface area contributed by atoms with Gasteiger partial charge in [0.25, 0.3) is 0 Å². The Morgan fingerprint density at radius 2 is 2.20 bits per heavy atom. The maximum atomic E-state index is 5.37. The first-order chi connectivity index (χ1) is 9.70. The summed E-state index contributed by atoms with van der Waals surface area (Å²) in [5.74, 6) is 0.839. The smallest absolute Gasteiger partial charge is 0.162 e. The number of nitrogens with zero attached hydrogens (tertiary/aromatic N) is 2. The average molecular weight is 369 g/mol. The lowest BCUT2D eigenvalue weighted by molar-refractivity contribution is 0.318. The molecule has 0 saturated carbocycles. The SMILES string of the molecule is CN(Cc1csc(-c2ccco2)n1)Cc1cc(Br)cs1. The Kier molecular flexibility index (Phi) is 4.35. The van der Waals surface area contributed by atoms with Crippen molar-refractivity contribution in [2.75, 3.05) is 7.05 Å². The standard InChI is InChI=1S/C14H13BrN2OS2/c1-17(7-12-5-10(15)8-19-12)6-11-9-20-14(16-11)13-3-2-4-18-13/h2-5,8-9H,6-7H2,1H3. The Labute approximate surface area is 134 Å². The fourth-order valence-electron chi connectivity index (χ4n) is 1.93. The van der Waals surface area contributed by atoms with E-state index in [0.717, 1.165) is 34.0 Å². The number of aromatic nitrogens is 1. The molecule has 20 heavy (non-hydrogen) atoms. The highest BCUT2D eigenvalue weighted by molar-refractivity contribution is 9.10. The van der Waals surface area contributed by atoms with Crippen molar-refractivity contribution in [2.45, 2.75) is 13.1 Å². The normalized spacial score (nSPS) is 11.3. The third kappa shape index (κ3) is 3.38. The van der Waals surface area contributed by atoms with Gasteiger partial charge in [0.05, 0.1) is 12.0 Å². The monoisotopic (exact) mass is 368 g/mol. The van der Waals surface area contributed by atoms with Gasteiger partial charge in [-0.1, -0.05) is 0 Å². The first-order valence-corrected chi connectivity index (χ1v) is 8.65. The molecule has 0 aliphatic heterocycles. The fraction of sp³-hybridized carbons (Fsp3) is 0.214. The minimum atomic E-state index is 0.839. The Morgan fingerprint density at radius 1 is 1.30 bits per heavy atom. The molecule has 104 valence electrons. The predicted molar refractivity (Wildman–Crippen MR) is 87.0 cm³/mol. The lowest BCUT2D eigenvalue weighted by Gasteiger charge is -2.13. The molecule has 0 N–H and O–H groups in total. The quantitative estimate of drug-likeness (QED) is 0.643. The van der Waals surface area contributed by atoms with Gasteiger partial charge in [-0.15, -0.1) is 22.7 Å². The highest BCUT2D eigenvalue weighted by Crippen LogP contribution is 2.25. The van der Waals surface area contributed by atoms with Crippen molar-refractivity contribution in [1.82, 2.24) is 9.88 Å². The molecule has 3 rings (SSSR count). The number of rotatable bonds is 5. The molecular weight excluding hydrogens is 356 g/mol. The topological polar surface area (TPSA) is 29.3 Å². The summed E-state index contributed by atoms with van der Waals surface area (Å²) in [4.78, 5) is 8.23. The van der Waals surface area contributed by atoms with Crippen LogP contribution in [0, 0.1) is 0 Å². The van der Waals surface area contributed by atoms with Gasteiger partial charge in [-0.25, -0.2) is 4.98 Å². The summed E-state index contributed by atoms with van der Waals surface area (Å²) in [5, 5.41) is 5.15. The van der Waals surface area contributed by atoms with Crippen LogP contribution in [0.15, 0.2) is 44.1 Å². The number of thiazole rings is 1. The third-order valence-corrected chi connectivity index (χ3v) is 5.35. The third-order valence-electron chi connectivity index (χ3n) is 2.76. The lowest BCUT2D eigenvalue weighted by atomic mass is 10.4. The van der Waals surface area contributed by atoms with Crippen LogP contribution in [0.4, 0.5) is 0 Å². The summed E-state index contributed by atoms with van der Waals surface area (Å²) in [6, 6.07) is 5.99. The maximum absolute atomic E-state index is 5.37. The first-order valence-electron chi connectivity index (χ1n) is 6.10. The molecule has 6 heteroatoms. The Hall–Kier alpha value is -0.950. The molecule has 0 aliphatic rings. The number of hydrogen-bond acceptors (Lipinski definition) is 5. The van der Waals surface area contributed by atoms with Gasteiger partial charge >= 0.3 is 0 Å². The molecule has 3 aromatic heterocycles. The molecule has 0 spiro atoms. The maximum Gasteiger partial charge on any atom is 0.162 e. The van der Waals surface area contributed by atoms with Gasteiger partial charge < -0.3 is 4.42 Å². The van der Waals surface area contributed by atoms with Crippen LogP contribution in [-0.4, -0.2) is 16.9 Å². The molecule has 0 amide bonds. The number of furan rings is 1. The minimum Gasteiger partial charge on any atom is -0.462 e. The summed E-state index contributed by atoms with van der Waals surface area (Å²) < 4.78 is 6.52. The second kappa shape index (κ2) is 6.22. The number of halogens is 1. The number of hydrogen-bond donors (Lipinski definition) is 0. The van der Waals surface area contributed by atoms with Crippen molar-refractivity contribution in [3.8, 4) is 10.8 Å². The van der Waals surface area contributed by atoms with Gasteiger partial charge in [0, 0.05) is 33.2 Å². The van der Waals surface area contributed by atoms with E-state index in [4.69, 9.17) is 4.42 Å². The van der Waals surface area contributed by atoms with E-state index in [2.05, 4.69) is 49.7 Å². The van der Waals surface area contributed by atoms with Crippen LogP contribution in [0.3, 0.4) is 0 Å². The number of thiophene rings is 1. The molecular formula is C14H13BrN2OS2. The van der Waals surface area contributed by atoms with Crippen LogP contribution < -0.4 is 0 Å². The molecule has 0 radical (unpaired) electrons.